The Morgan fingerprint density at radius 3 is 2.38 bits per heavy atom. The van der Waals surface area contributed by atoms with Crippen LogP contribution in [-0.4, -0.2) is 11.8 Å². The molecule has 0 unspecified atom stereocenters. The monoisotopic (exact) mass is 182 g/mol. The molecule has 0 bridgehead atoms. The van der Waals surface area contributed by atoms with Crippen molar-refractivity contribution >= 4 is 11.8 Å². The minimum absolute atomic E-state index is 0.207. The highest BCUT2D eigenvalue weighted by atomic mass is 16.2. The van der Waals surface area contributed by atoms with Crippen molar-refractivity contribution in [1.82, 2.24) is 10.9 Å². The first-order valence-electron chi connectivity index (χ1n) is 4.07. The summed E-state index contributed by atoms with van der Waals surface area (Å²) >= 11 is 0. The highest BCUT2D eigenvalue weighted by Crippen LogP contribution is 1.96. The second-order valence-electron chi connectivity index (χ2n) is 2.98. The quantitative estimate of drug-likeness (QED) is 0.473. The zero-order valence-electron chi connectivity index (χ0n) is 8.10. The molecule has 0 aromatic carbocycles. The lowest BCUT2D eigenvalue weighted by Gasteiger charge is -2.05. The fourth-order valence-corrected chi connectivity index (χ4v) is 0.693. The summed E-state index contributed by atoms with van der Waals surface area (Å²) < 4.78 is 0. The number of carbonyl (C=O) groups is 2. The van der Waals surface area contributed by atoms with Gasteiger partial charge in [0.15, 0.2) is 0 Å². The lowest BCUT2D eigenvalue weighted by molar-refractivity contribution is -0.126. The Hall–Kier alpha value is -1.50. The first-order chi connectivity index (χ1) is 6.06. The molecular formula is C9H14N2O2. The molecule has 72 valence electrons. The van der Waals surface area contributed by atoms with E-state index in [0.29, 0.717) is 6.42 Å². The highest BCUT2D eigenvalue weighted by Gasteiger charge is 2.04. The third-order valence-electron chi connectivity index (χ3n) is 1.15. The highest BCUT2D eigenvalue weighted by molar-refractivity contribution is 5.94. The lowest BCUT2D eigenvalue weighted by atomic mass is 10.1. The summed E-state index contributed by atoms with van der Waals surface area (Å²) in [5.41, 5.74) is 4.43. The maximum atomic E-state index is 11.0. The standard InChI is InChI=1S/C9H14N2O2/c1-4-5-8(12)10-11-9(13)6-7(2)3/h7H,6H2,1-3H3,(H,10,12)(H,11,13). The van der Waals surface area contributed by atoms with Crippen LogP contribution in [0.3, 0.4) is 0 Å². The van der Waals surface area contributed by atoms with Crippen molar-refractivity contribution in [2.75, 3.05) is 0 Å². The van der Waals surface area contributed by atoms with E-state index in [1.807, 2.05) is 13.8 Å². The molecule has 4 heteroatoms. The van der Waals surface area contributed by atoms with Gasteiger partial charge >= 0.3 is 5.91 Å². The van der Waals surface area contributed by atoms with E-state index in [2.05, 4.69) is 22.7 Å². The van der Waals surface area contributed by atoms with Crippen LogP contribution >= 0.6 is 0 Å². The molecule has 0 aliphatic rings. The maximum Gasteiger partial charge on any atom is 0.314 e. The van der Waals surface area contributed by atoms with Crippen molar-refractivity contribution in [2.45, 2.75) is 27.2 Å². The zero-order valence-corrected chi connectivity index (χ0v) is 8.10. The van der Waals surface area contributed by atoms with Crippen molar-refractivity contribution < 1.29 is 9.59 Å². The van der Waals surface area contributed by atoms with Crippen LogP contribution in [0.5, 0.6) is 0 Å². The van der Waals surface area contributed by atoms with Gasteiger partial charge in [-0.3, -0.25) is 20.4 Å². The average molecular weight is 182 g/mol. The molecule has 2 amide bonds. The van der Waals surface area contributed by atoms with E-state index < -0.39 is 5.91 Å². The Balaban J connectivity index is 3.68. The van der Waals surface area contributed by atoms with Gasteiger partial charge in [0.2, 0.25) is 5.91 Å². The molecule has 0 saturated heterocycles. The van der Waals surface area contributed by atoms with Gasteiger partial charge in [0, 0.05) is 6.42 Å². The van der Waals surface area contributed by atoms with Crippen molar-refractivity contribution in [3.05, 3.63) is 0 Å². The van der Waals surface area contributed by atoms with Crippen LogP contribution in [0.15, 0.2) is 0 Å². The van der Waals surface area contributed by atoms with Crippen LogP contribution in [0, 0.1) is 17.8 Å². The minimum Gasteiger partial charge on any atom is -0.273 e. The Kier molecular flexibility index (Phi) is 5.37. The van der Waals surface area contributed by atoms with Gasteiger partial charge in [-0.25, -0.2) is 0 Å². The summed E-state index contributed by atoms with van der Waals surface area (Å²) in [6.07, 6.45) is 0.389. The summed E-state index contributed by atoms with van der Waals surface area (Å²) in [5, 5.41) is 0. The Morgan fingerprint density at radius 1 is 1.31 bits per heavy atom. The summed E-state index contributed by atoms with van der Waals surface area (Å²) in [6, 6.07) is 0. The van der Waals surface area contributed by atoms with Crippen molar-refractivity contribution in [3.63, 3.8) is 0 Å². The lowest BCUT2D eigenvalue weighted by Crippen LogP contribution is -2.41. The molecule has 0 spiro atoms. The summed E-state index contributed by atoms with van der Waals surface area (Å²) in [5.74, 6) is 4.22. The molecule has 0 rings (SSSR count). The third-order valence-corrected chi connectivity index (χ3v) is 1.15. The molecule has 0 aliphatic heterocycles. The number of rotatable bonds is 2. The van der Waals surface area contributed by atoms with Gasteiger partial charge in [-0.1, -0.05) is 19.8 Å². The normalized spacial score (nSPS) is 8.62. The number of hydrazine groups is 1. The minimum atomic E-state index is -0.500. The largest absolute Gasteiger partial charge is 0.314 e. The fourth-order valence-electron chi connectivity index (χ4n) is 0.693. The summed E-state index contributed by atoms with van der Waals surface area (Å²) in [6.45, 7) is 5.40. The molecular weight excluding hydrogens is 168 g/mol. The van der Waals surface area contributed by atoms with Gasteiger partial charge in [-0.05, 0) is 18.8 Å². The van der Waals surface area contributed by atoms with Crippen LogP contribution < -0.4 is 10.9 Å². The van der Waals surface area contributed by atoms with E-state index in [9.17, 15) is 9.59 Å². The van der Waals surface area contributed by atoms with E-state index in [-0.39, 0.29) is 11.8 Å². The molecule has 0 aromatic heterocycles. The molecule has 0 atom stereocenters. The van der Waals surface area contributed by atoms with Gasteiger partial charge in [-0.2, -0.15) is 0 Å². The molecule has 0 heterocycles. The van der Waals surface area contributed by atoms with Crippen molar-refractivity contribution in [2.24, 2.45) is 5.92 Å². The molecule has 2 N–H and O–H groups in total. The molecule has 13 heavy (non-hydrogen) atoms. The fraction of sp³-hybridized carbons (Fsp3) is 0.556. The Morgan fingerprint density at radius 2 is 1.92 bits per heavy atom. The predicted octanol–water partition coefficient (Wildman–Crippen LogP) is 0.203. The molecule has 4 nitrogen and oxygen atoms in total. The molecule has 0 fully saturated rings. The number of nitrogens with one attached hydrogen (secondary N) is 2. The summed E-state index contributed by atoms with van der Waals surface area (Å²) in [4.78, 5) is 21.7. The smallest absolute Gasteiger partial charge is 0.273 e. The Labute approximate surface area is 78.1 Å². The van der Waals surface area contributed by atoms with Crippen LogP contribution in [0.2, 0.25) is 0 Å². The van der Waals surface area contributed by atoms with Gasteiger partial charge in [0.25, 0.3) is 0 Å². The number of hydrogen-bond donors (Lipinski definition) is 2. The van der Waals surface area contributed by atoms with Crippen LogP contribution in [-0.2, 0) is 9.59 Å². The number of hydrogen-bond acceptors (Lipinski definition) is 2. The van der Waals surface area contributed by atoms with Gasteiger partial charge in [-0.15, -0.1) is 0 Å². The molecule has 0 aromatic rings. The van der Waals surface area contributed by atoms with E-state index in [1.165, 1.54) is 0 Å². The van der Waals surface area contributed by atoms with Gasteiger partial charge < -0.3 is 0 Å². The molecule has 0 radical (unpaired) electrons. The van der Waals surface area contributed by atoms with Crippen molar-refractivity contribution in [3.8, 4) is 11.8 Å². The second-order valence-corrected chi connectivity index (χ2v) is 2.98. The van der Waals surface area contributed by atoms with E-state index in [0.717, 1.165) is 0 Å². The number of amides is 2. The van der Waals surface area contributed by atoms with Gasteiger partial charge in [0.05, 0.1) is 0 Å². The molecule has 0 aliphatic carbocycles. The van der Waals surface area contributed by atoms with Crippen LogP contribution in [0.4, 0.5) is 0 Å². The predicted molar refractivity (Wildman–Crippen MR) is 49.2 cm³/mol. The van der Waals surface area contributed by atoms with Crippen molar-refractivity contribution in [1.29, 1.82) is 0 Å². The topological polar surface area (TPSA) is 58.2 Å². The van der Waals surface area contributed by atoms with Crippen LogP contribution in [0.25, 0.3) is 0 Å². The van der Waals surface area contributed by atoms with E-state index in [1.54, 1.807) is 6.92 Å². The third kappa shape index (κ3) is 6.88. The first-order valence-corrected chi connectivity index (χ1v) is 4.07. The van der Waals surface area contributed by atoms with E-state index >= 15 is 0 Å². The first kappa shape index (κ1) is 11.5. The number of carbonyl (C=O) groups excluding carboxylic acids is 2. The second kappa shape index (κ2) is 6.06. The zero-order chi connectivity index (χ0) is 10.3. The average Bonchev–Trinajstić information content (AvgIpc) is 2.00. The van der Waals surface area contributed by atoms with Gasteiger partial charge in [0.1, 0.15) is 0 Å². The SMILES string of the molecule is CC#CC(=O)NNC(=O)CC(C)C. The summed E-state index contributed by atoms with van der Waals surface area (Å²) in [7, 11) is 0. The molecule has 0 saturated carbocycles. The maximum absolute atomic E-state index is 11.0. The Bertz CT molecular complexity index is 248. The van der Waals surface area contributed by atoms with Crippen LogP contribution in [0.1, 0.15) is 27.2 Å². The van der Waals surface area contributed by atoms with E-state index in [4.69, 9.17) is 0 Å².